The van der Waals surface area contributed by atoms with Gasteiger partial charge < -0.3 is 4.90 Å². The van der Waals surface area contributed by atoms with Crippen LogP contribution in [0.3, 0.4) is 0 Å². The lowest BCUT2D eigenvalue weighted by molar-refractivity contribution is 0.0699. The molecule has 0 N–H and O–H groups in total. The quantitative estimate of drug-likeness (QED) is 0.785. The summed E-state index contributed by atoms with van der Waals surface area (Å²) in [7, 11) is 1.89. The van der Waals surface area contributed by atoms with Gasteiger partial charge >= 0.3 is 0 Å². The minimum Gasteiger partial charge on any atom is -0.336 e. The average molecular weight is 317 g/mol. The summed E-state index contributed by atoms with van der Waals surface area (Å²) in [6, 6.07) is 0.304. The molecule has 1 aromatic rings. The van der Waals surface area contributed by atoms with Gasteiger partial charge in [0.05, 0.1) is 5.01 Å². The van der Waals surface area contributed by atoms with Crippen molar-refractivity contribution in [2.45, 2.75) is 43.5 Å². The van der Waals surface area contributed by atoms with Crippen LogP contribution in [-0.4, -0.2) is 33.7 Å². The summed E-state index contributed by atoms with van der Waals surface area (Å²) in [5, 5.41) is 2.79. The molecule has 17 heavy (non-hydrogen) atoms. The third-order valence-electron chi connectivity index (χ3n) is 3.30. The zero-order valence-electron chi connectivity index (χ0n) is 10.1. The second kappa shape index (κ2) is 5.48. The molecule has 3 nitrogen and oxygen atoms in total. The van der Waals surface area contributed by atoms with Gasteiger partial charge in [-0.1, -0.05) is 28.8 Å². The third-order valence-corrected chi connectivity index (χ3v) is 5.14. The van der Waals surface area contributed by atoms with Crippen LogP contribution in [0.4, 0.5) is 0 Å². The molecule has 1 amide bonds. The SMILES string of the molecule is Cc1nc(C(=O)N(C)C2CCCCC2Br)cs1. The van der Waals surface area contributed by atoms with E-state index in [1.165, 1.54) is 24.2 Å². The van der Waals surface area contributed by atoms with E-state index in [0.29, 0.717) is 16.6 Å². The van der Waals surface area contributed by atoms with E-state index in [4.69, 9.17) is 0 Å². The van der Waals surface area contributed by atoms with Gasteiger partial charge in [0.15, 0.2) is 0 Å². The summed E-state index contributed by atoms with van der Waals surface area (Å²) in [6.45, 7) is 1.93. The Labute approximate surface area is 114 Å². The summed E-state index contributed by atoms with van der Waals surface area (Å²) in [5.41, 5.74) is 0.584. The highest BCUT2D eigenvalue weighted by molar-refractivity contribution is 9.09. The van der Waals surface area contributed by atoms with Crippen molar-refractivity contribution in [3.8, 4) is 0 Å². The molecule has 0 saturated heterocycles. The molecule has 1 saturated carbocycles. The molecular weight excluding hydrogens is 300 g/mol. The van der Waals surface area contributed by atoms with Gasteiger partial charge in [-0.3, -0.25) is 4.79 Å². The lowest BCUT2D eigenvalue weighted by atomic mass is 9.94. The number of nitrogens with zero attached hydrogens (tertiary/aromatic N) is 2. The Bertz CT molecular complexity index is 407. The molecule has 1 aromatic heterocycles. The normalized spacial score (nSPS) is 24.6. The zero-order chi connectivity index (χ0) is 12.4. The Balaban J connectivity index is 2.08. The van der Waals surface area contributed by atoms with E-state index in [9.17, 15) is 4.79 Å². The highest BCUT2D eigenvalue weighted by Crippen LogP contribution is 2.28. The number of carbonyl (C=O) groups excluding carboxylic acids is 1. The second-order valence-corrected chi connectivity index (χ2v) is 6.77. The Morgan fingerprint density at radius 3 is 2.82 bits per heavy atom. The van der Waals surface area contributed by atoms with Crippen molar-refractivity contribution in [2.24, 2.45) is 0 Å². The molecule has 0 aliphatic heterocycles. The third kappa shape index (κ3) is 2.88. The molecule has 0 spiro atoms. The van der Waals surface area contributed by atoms with Gasteiger partial charge in [0.1, 0.15) is 5.69 Å². The van der Waals surface area contributed by atoms with Crippen molar-refractivity contribution in [3.63, 3.8) is 0 Å². The van der Waals surface area contributed by atoms with E-state index in [1.54, 1.807) is 0 Å². The van der Waals surface area contributed by atoms with Gasteiger partial charge in [0.2, 0.25) is 0 Å². The number of rotatable bonds is 2. The molecule has 94 valence electrons. The summed E-state index contributed by atoms with van der Waals surface area (Å²) >= 11 is 5.22. The fourth-order valence-electron chi connectivity index (χ4n) is 2.30. The Hall–Kier alpha value is -0.420. The van der Waals surface area contributed by atoms with Crippen molar-refractivity contribution < 1.29 is 4.79 Å². The molecular formula is C12H17BrN2OS. The molecule has 1 aliphatic carbocycles. The number of alkyl halides is 1. The topological polar surface area (TPSA) is 33.2 Å². The van der Waals surface area contributed by atoms with Gasteiger partial charge in [-0.15, -0.1) is 11.3 Å². The number of thiazole rings is 1. The van der Waals surface area contributed by atoms with E-state index < -0.39 is 0 Å². The van der Waals surface area contributed by atoms with Crippen LogP contribution < -0.4 is 0 Å². The minimum absolute atomic E-state index is 0.0469. The number of hydrogen-bond acceptors (Lipinski definition) is 3. The first-order valence-corrected chi connectivity index (χ1v) is 7.72. The Kier molecular flexibility index (Phi) is 4.20. The van der Waals surface area contributed by atoms with E-state index in [0.717, 1.165) is 17.8 Å². The monoisotopic (exact) mass is 316 g/mol. The minimum atomic E-state index is 0.0469. The first-order chi connectivity index (χ1) is 8.09. The van der Waals surface area contributed by atoms with Crippen molar-refractivity contribution in [1.82, 2.24) is 9.88 Å². The molecule has 5 heteroatoms. The summed E-state index contributed by atoms with van der Waals surface area (Å²) < 4.78 is 0. The van der Waals surface area contributed by atoms with Gasteiger partial charge in [0, 0.05) is 23.3 Å². The number of amides is 1. The molecule has 0 bridgehead atoms. The smallest absolute Gasteiger partial charge is 0.273 e. The molecule has 2 atom stereocenters. The number of aryl methyl sites for hydroxylation is 1. The van der Waals surface area contributed by atoms with E-state index in [1.807, 2.05) is 24.3 Å². The van der Waals surface area contributed by atoms with E-state index in [2.05, 4.69) is 20.9 Å². The highest BCUT2D eigenvalue weighted by atomic mass is 79.9. The summed E-state index contributed by atoms with van der Waals surface area (Å²) in [4.78, 5) is 18.8. The summed E-state index contributed by atoms with van der Waals surface area (Å²) in [6.07, 6.45) is 4.70. The molecule has 2 rings (SSSR count). The molecule has 0 radical (unpaired) electrons. The van der Waals surface area contributed by atoms with Gasteiger partial charge in [-0.25, -0.2) is 4.98 Å². The first-order valence-electron chi connectivity index (χ1n) is 5.93. The Morgan fingerprint density at radius 1 is 1.53 bits per heavy atom. The zero-order valence-corrected chi connectivity index (χ0v) is 12.6. The van der Waals surface area contributed by atoms with Gasteiger partial charge in [0.25, 0.3) is 5.91 Å². The predicted octanol–water partition coefficient (Wildman–Crippen LogP) is 3.23. The average Bonchev–Trinajstić information content (AvgIpc) is 2.75. The van der Waals surface area contributed by atoms with Crippen LogP contribution in [0, 0.1) is 6.92 Å². The van der Waals surface area contributed by atoms with Gasteiger partial charge in [-0.05, 0) is 19.8 Å². The second-order valence-electron chi connectivity index (χ2n) is 4.54. The Morgan fingerprint density at radius 2 is 2.24 bits per heavy atom. The van der Waals surface area contributed by atoms with Crippen molar-refractivity contribution >= 4 is 33.2 Å². The van der Waals surface area contributed by atoms with Crippen LogP contribution in [0.1, 0.15) is 41.2 Å². The maximum atomic E-state index is 12.3. The van der Waals surface area contributed by atoms with Crippen LogP contribution >= 0.6 is 27.3 Å². The predicted molar refractivity (Wildman–Crippen MR) is 73.9 cm³/mol. The maximum Gasteiger partial charge on any atom is 0.273 e. The lowest BCUT2D eigenvalue weighted by Gasteiger charge is -2.34. The number of carbonyl (C=O) groups is 1. The van der Waals surface area contributed by atoms with E-state index in [-0.39, 0.29) is 5.91 Å². The van der Waals surface area contributed by atoms with Crippen molar-refractivity contribution in [1.29, 1.82) is 0 Å². The van der Waals surface area contributed by atoms with Crippen LogP contribution in [0.25, 0.3) is 0 Å². The number of hydrogen-bond donors (Lipinski definition) is 0. The molecule has 1 fully saturated rings. The van der Waals surface area contributed by atoms with Crippen molar-refractivity contribution in [3.05, 3.63) is 16.1 Å². The van der Waals surface area contributed by atoms with Crippen LogP contribution in [-0.2, 0) is 0 Å². The fraction of sp³-hybridized carbons (Fsp3) is 0.667. The number of halogens is 1. The lowest BCUT2D eigenvalue weighted by Crippen LogP contribution is -2.44. The van der Waals surface area contributed by atoms with Crippen LogP contribution in [0.5, 0.6) is 0 Å². The largest absolute Gasteiger partial charge is 0.336 e. The van der Waals surface area contributed by atoms with Crippen LogP contribution in [0.15, 0.2) is 5.38 Å². The van der Waals surface area contributed by atoms with Crippen LogP contribution in [0.2, 0.25) is 0 Å². The standard InChI is InChI=1S/C12H17BrN2OS/c1-8-14-10(7-17-8)12(16)15(2)11-6-4-3-5-9(11)13/h7,9,11H,3-6H2,1-2H3. The molecule has 1 aliphatic rings. The first kappa shape index (κ1) is 13.0. The van der Waals surface area contributed by atoms with Crippen molar-refractivity contribution in [2.75, 3.05) is 7.05 Å². The molecule has 0 aromatic carbocycles. The molecule has 2 unspecified atom stereocenters. The maximum absolute atomic E-state index is 12.3. The molecule has 1 heterocycles. The van der Waals surface area contributed by atoms with Gasteiger partial charge in [-0.2, -0.15) is 0 Å². The van der Waals surface area contributed by atoms with E-state index >= 15 is 0 Å². The fourth-order valence-corrected chi connectivity index (χ4v) is 3.82. The summed E-state index contributed by atoms with van der Waals surface area (Å²) in [5.74, 6) is 0.0469. The highest BCUT2D eigenvalue weighted by Gasteiger charge is 2.30. The number of aromatic nitrogens is 1.